The van der Waals surface area contributed by atoms with Crippen molar-refractivity contribution in [3.8, 4) is 0 Å². The van der Waals surface area contributed by atoms with Crippen molar-refractivity contribution in [2.75, 3.05) is 33.2 Å². The van der Waals surface area contributed by atoms with Gasteiger partial charge in [0.05, 0.1) is 0 Å². The molecule has 1 heterocycles. The van der Waals surface area contributed by atoms with Crippen LogP contribution in [0.2, 0.25) is 0 Å². The van der Waals surface area contributed by atoms with E-state index in [1.165, 1.54) is 49.1 Å². The zero-order valence-electron chi connectivity index (χ0n) is 10.3. The minimum Gasteiger partial charge on any atom is -0.304 e. The average Bonchev–Trinajstić information content (AvgIpc) is 3.12. The summed E-state index contributed by atoms with van der Waals surface area (Å²) in [6.45, 7) is 4.84. The van der Waals surface area contributed by atoms with Crippen LogP contribution in [0.1, 0.15) is 18.4 Å². The second-order valence-electron chi connectivity index (χ2n) is 5.33. The second kappa shape index (κ2) is 4.38. The minimum atomic E-state index is 0.377. The van der Waals surface area contributed by atoms with Crippen LogP contribution in [0.25, 0.3) is 0 Å². The number of likely N-dealkylation sites (N-methyl/N-ethyl adjacent to an activating group) is 1. The smallest absolute Gasteiger partial charge is 0.0463 e. The van der Waals surface area contributed by atoms with Crippen LogP contribution in [0.5, 0.6) is 0 Å². The number of benzene rings is 1. The molecule has 3 rings (SSSR count). The highest BCUT2D eigenvalue weighted by Crippen LogP contribution is 2.51. The molecule has 0 radical (unpaired) electrons. The van der Waals surface area contributed by atoms with Crippen LogP contribution in [-0.4, -0.2) is 43.0 Å². The molecule has 0 N–H and O–H groups in total. The first-order valence-electron chi connectivity index (χ1n) is 6.40. The molecular formula is C14H19BrN2. The van der Waals surface area contributed by atoms with Gasteiger partial charge in [0.2, 0.25) is 0 Å². The molecule has 2 fully saturated rings. The molecule has 92 valence electrons. The summed E-state index contributed by atoms with van der Waals surface area (Å²) in [4.78, 5) is 5.12. The van der Waals surface area contributed by atoms with E-state index in [1.54, 1.807) is 0 Å². The Morgan fingerprint density at radius 2 is 1.59 bits per heavy atom. The topological polar surface area (TPSA) is 6.48 Å². The van der Waals surface area contributed by atoms with Crippen molar-refractivity contribution in [3.63, 3.8) is 0 Å². The summed E-state index contributed by atoms with van der Waals surface area (Å²) < 4.78 is 1.18. The van der Waals surface area contributed by atoms with Crippen molar-refractivity contribution in [2.45, 2.75) is 18.4 Å². The summed E-state index contributed by atoms with van der Waals surface area (Å²) in [5.41, 5.74) is 1.88. The van der Waals surface area contributed by atoms with Gasteiger partial charge in [-0.05, 0) is 37.6 Å². The molecule has 17 heavy (non-hydrogen) atoms. The number of piperazine rings is 1. The Kier molecular flexibility index (Phi) is 3.01. The number of hydrogen-bond acceptors (Lipinski definition) is 2. The van der Waals surface area contributed by atoms with Gasteiger partial charge >= 0.3 is 0 Å². The number of halogens is 1. The predicted octanol–water partition coefficient (Wildman–Crippen LogP) is 2.69. The first kappa shape index (κ1) is 11.7. The van der Waals surface area contributed by atoms with Gasteiger partial charge in [0.15, 0.2) is 0 Å². The van der Waals surface area contributed by atoms with Crippen LogP contribution >= 0.6 is 15.9 Å². The summed E-state index contributed by atoms with van der Waals surface area (Å²) in [6.07, 6.45) is 2.66. The highest BCUT2D eigenvalue weighted by Gasteiger charge is 2.49. The van der Waals surface area contributed by atoms with E-state index in [0.29, 0.717) is 5.54 Å². The van der Waals surface area contributed by atoms with Gasteiger partial charge in [-0.3, -0.25) is 4.90 Å². The Bertz CT molecular complexity index is 389. The third-order valence-corrected chi connectivity index (χ3v) is 4.74. The zero-order valence-corrected chi connectivity index (χ0v) is 11.9. The summed E-state index contributed by atoms with van der Waals surface area (Å²) in [5, 5.41) is 0. The van der Waals surface area contributed by atoms with Gasteiger partial charge in [-0.15, -0.1) is 0 Å². The number of hydrogen-bond donors (Lipinski definition) is 0. The van der Waals surface area contributed by atoms with E-state index in [-0.39, 0.29) is 0 Å². The van der Waals surface area contributed by atoms with Crippen LogP contribution in [0, 0.1) is 0 Å². The summed E-state index contributed by atoms with van der Waals surface area (Å²) >= 11 is 3.52. The molecule has 1 saturated heterocycles. The minimum absolute atomic E-state index is 0.377. The molecule has 0 unspecified atom stereocenters. The lowest BCUT2D eigenvalue weighted by molar-refractivity contribution is 0.0976. The molecule has 0 spiro atoms. The normalized spacial score (nSPS) is 24.8. The Morgan fingerprint density at radius 1 is 1.00 bits per heavy atom. The van der Waals surface area contributed by atoms with Crippen LogP contribution in [-0.2, 0) is 5.54 Å². The van der Waals surface area contributed by atoms with E-state index >= 15 is 0 Å². The van der Waals surface area contributed by atoms with E-state index in [4.69, 9.17) is 0 Å². The maximum absolute atomic E-state index is 3.52. The van der Waals surface area contributed by atoms with Crippen molar-refractivity contribution in [3.05, 3.63) is 34.3 Å². The van der Waals surface area contributed by atoms with Crippen LogP contribution in [0.4, 0.5) is 0 Å². The lowest BCUT2D eigenvalue weighted by atomic mass is 10.0. The monoisotopic (exact) mass is 294 g/mol. The standard InChI is InChI=1S/C14H19BrN2/c1-16-8-10-17(11-9-16)14(6-7-14)12-2-4-13(15)5-3-12/h2-5H,6-11H2,1H3. The predicted molar refractivity (Wildman–Crippen MR) is 74.1 cm³/mol. The lowest BCUT2D eigenvalue weighted by Gasteiger charge is -2.38. The maximum Gasteiger partial charge on any atom is 0.0463 e. The van der Waals surface area contributed by atoms with Crippen molar-refractivity contribution < 1.29 is 0 Å². The third kappa shape index (κ3) is 2.16. The fraction of sp³-hybridized carbons (Fsp3) is 0.571. The van der Waals surface area contributed by atoms with Crippen molar-refractivity contribution in [1.29, 1.82) is 0 Å². The van der Waals surface area contributed by atoms with Crippen molar-refractivity contribution in [1.82, 2.24) is 9.80 Å². The fourth-order valence-corrected chi connectivity index (χ4v) is 3.16. The van der Waals surface area contributed by atoms with E-state index in [1.807, 2.05) is 0 Å². The van der Waals surface area contributed by atoms with Gasteiger partial charge in [-0.25, -0.2) is 0 Å². The molecule has 1 aromatic rings. The third-order valence-electron chi connectivity index (χ3n) is 4.21. The second-order valence-corrected chi connectivity index (χ2v) is 6.24. The molecule has 3 heteroatoms. The van der Waals surface area contributed by atoms with E-state index in [0.717, 1.165) is 0 Å². The largest absolute Gasteiger partial charge is 0.304 e. The van der Waals surface area contributed by atoms with Crippen molar-refractivity contribution in [2.24, 2.45) is 0 Å². The molecule has 0 aromatic heterocycles. The van der Waals surface area contributed by atoms with Crippen LogP contribution in [0.3, 0.4) is 0 Å². The molecule has 1 aliphatic heterocycles. The van der Waals surface area contributed by atoms with E-state index in [9.17, 15) is 0 Å². The highest BCUT2D eigenvalue weighted by molar-refractivity contribution is 9.10. The molecule has 1 aromatic carbocycles. The number of nitrogens with zero attached hydrogens (tertiary/aromatic N) is 2. The first-order chi connectivity index (χ1) is 8.21. The van der Waals surface area contributed by atoms with Gasteiger partial charge in [0, 0.05) is 36.2 Å². The molecular weight excluding hydrogens is 276 g/mol. The highest BCUT2D eigenvalue weighted by atomic mass is 79.9. The van der Waals surface area contributed by atoms with Gasteiger partial charge in [0.25, 0.3) is 0 Å². The zero-order chi connectivity index (χ0) is 11.9. The Morgan fingerprint density at radius 3 is 2.12 bits per heavy atom. The molecule has 2 aliphatic rings. The Hall–Kier alpha value is -0.380. The lowest BCUT2D eigenvalue weighted by Crippen LogP contribution is -2.49. The summed E-state index contributed by atoms with van der Waals surface area (Å²) in [5.74, 6) is 0. The van der Waals surface area contributed by atoms with Gasteiger partial charge in [-0.2, -0.15) is 0 Å². The Balaban J connectivity index is 1.79. The molecule has 1 saturated carbocycles. The quantitative estimate of drug-likeness (QED) is 0.827. The summed E-state index contributed by atoms with van der Waals surface area (Å²) in [7, 11) is 2.22. The van der Waals surface area contributed by atoms with Crippen molar-refractivity contribution >= 4 is 15.9 Å². The molecule has 0 atom stereocenters. The number of rotatable bonds is 2. The van der Waals surface area contributed by atoms with Gasteiger partial charge < -0.3 is 4.90 Å². The molecule has 0 amide bonds. The molecule has 2 nitrogen and oxygen atoms in total. The SMILES string of the molecule is CN1CCN(C2(c3ccc(Br)cc3)CC2)CC1. The maximum atomic E-state index is 3.52. The van der Waals surface area contributed by atoms with E-state index in [2.05, 4.69) is 57.0 Å². The average molecular weight is 295 g/mol. The van der Waals surface area contributed by atoms with Gasteiger partial charge in [0.1, 0.15) is 0 Å². The first-order valence-corrected chi connectivity index (χ1v) is 7.20. The Labute approximate surface area is 112 Å². The van der Waals surface area contributed by atoms with E-state index < -0.39 is 0 Å². The molecule has 0 bridgehead atoms. The van der Waals surface area contributed by atoms with Crippen LogP contribution in [0.15, 0.2) is 28.7 Å². The van der Waals surface area contributed by atoms with Crippen LogP contribution < -0.4 is 0 Å². The molecule has 1 aliphatic carbocycles. The van der Waals surface area contributed by atoms with Gasteiger partial charge in [-0.1, -0.05) is 28.1 Å². The fourth-order valence-electron chi connectivity index (χ4n) is 2.90. The summed E-state index contributed by atoms with van der Waals surface area (Å²) in [6, 6.07) is 8.92.